The Morgan fingerprint density at radius 1 is 0.896 bits per heavy atom. The summed E-state index contributed by atoms with van der Waals surface area (Å²) in [5, 5.41) is 6.35. The van der Waals surface area contributed by atoms with Crippen molar-refractivity contribution in [3.05, 3.63) is 120 Å². The topological polar surface area (TPSA) is 63.0 Å². The predicted molar refractivity (Wildman–Crippen MR) is 217 cm³/mol. The second-order valence-corrected chi connectivity index (χ2v) is 11.7. The number of benzene rings is 1. The van der Waals surface area contributed by atoms with E-state index in [4.69, 9.17) is 0 Å². The summed E-state index contributed by atoms with van der Waals surface area (Å²) in [7, 11) is 2.01. The van der Waals surface area contributed by atoms with Gasteiger partial charge in [-0.05, 0) is 119 Å². The van der Waals surface area contributed by atoms with E-state index in [9.17, 15) is 4.39 Å². The van der Waals surface area contributed by atoms with Crippen molar-refractivity contribution in [1.82, 2.24) is 10.3 Å². The highest BCUT2D eigenvalue weighted by atomic mass is 19.1. The number of allylic oxidation sites excluding steroid dienone is 8. The number of pyridine rings is 1. The zero-order chi connectivity index (χ0) is 37.3. The van der Waals surface area contributed by atoms with Gasteiger partial charge in [-0.15, -0.1) is 6.58 Å². The Kier molecular flexibility index (Phi) is 33.7. The van der Waals surface area contributed by atoms with Crippen LogP contribution in [0.15, 0.2) is 103 Å². The summed E-state index contributed by atoms with van der Waals surface area (Å²) in [6.45, 7) is 31.6. The van der Waals surface area contributed by atoms with Gasteiger partial charge >= 0.3 is 0 Å². The average Bonchev–Trinajstić information content (AvgIpc) is 3.05. The van der Waals surface area contributed by atoms with E-state index in [1.54, 1.807) is 0 Å². The van der Waals surface area contributed by atoms with Crippen LogP contribution in [0.25, 0.3) is 5.57 Å². The molecule has 4 nitrogen and oxygen atoms in total. The molecule has 0 atom stereocenters. The zero-order valence-electron chi connectivity index (χ0n) is 32.6. The molecule has 0 aliphatic heterocycles. The monoisotopic (exact) mass is 663 g/mol. The van der Waals surface area contributed by atoms with Crippen LogP contribution < -0.4 is 16.4 Å². The molecule has 0 saturated carbocycles. The van der Waals surface area contributed by atoms with Gasteiger partial charge in [0.1, 0.15) is 5.82 Å². The molecule has 48 heavy (non-hydrogen) atoms. The van der Waals surface area contributed by atoms with Crippen LogP contribution in [0.2, 0.25) is 0 Å². The van der Waals surface area contributed by atoms with Crippen molar-refractivity contribution in [2.24, 2.45) is 5.73 Å². The lowest BCUT2D eigenvalue weighted by Gasteiger charge is -2.10. The Labute approximate surface area is 296 Å². The van der Waals surface area contributed by atoms with Crippen LogP contribution in [0.1, 0.15) is 125 Å². The Morgan fingerprint density at radius 3 is 1.77 bits per heavy atom. The van der Waals surface area contributed by atoms with Gasteiger partial charge in [-0.1, -0.05) is 122 Å². The minimum atomic E-state index is -0.481. The van der Waals surface area contributed by atoms with E-state index in [-0.39, 0.29) is 0 Å². The van der Waals surface area contributed by atoms with E-state index in [1.165, 1.54) is 79.5 Å². The molecule has 4 N–H and O–H groups in total. The minimum Gasteiger partial charge on any atom is -0.405 e. The highest BCUT2D eigenvalue weighted by molar-refractivity contribution is 5.70. The maximum atomic E-state index is 13.4. The summed E-state index contributed by atoms with van der Waals surface area (Å²) in [6.07, 6.45) is 19.7. The van der Waals surface area contributed by atoms with Gasteiger partial charge in [-0.25, -0.2) is 4.98 Å². The molecule has 0 spiro atoms. The summed E-state index contributed by atoms with van der Waals surface area (Å²) in [5.41, 5.74) is 12.3. The molecular formula is C43H71FN4. The molecule has 0 aliphatic carbocycles. The lowest BCUT2D eigenvalue weighted by atomic mass is 9.97. The van der Waals surface area contributed by atoms with Crippen LogP contribution in [-0.2, 0) is 0 Å². The Morgan fingerprint density at radius 2 is 1.42 bits per heavy atom. The van der Waals surface area contributed by atoms with Crippen molar-refractivity contribution >= 4 is 17.1 Å². The van der Waals surface area contributed by atoms with Crippen molar-refractivity contribution in [3.63, 3.8) is 0 Å². The molecule has 1 aromatic carbocycles. The number of unbranched alkanes of at least 4 members (excludes halogenated alkanes) is 4. The molecule has 2 rings (SSSR count). The SMILES string of the molecule is C=C/C=C(/C)C(/C=C(\C)c1ccc(Nc2cc(C)cc(F)n2)cc1)=C(C)C.C=CCC.C=CN.CCC(CC)NC.CCCCCCC. The summed E-state index contributed by atoms with van der Waals surface area (Å²) < 4.78 is 13.4. The maximum absolute atomic E-state index is 13.4. The Bertz CT molecular complexity index is 1170. The molecule has 5 heteroatoms. The number of halogens is 1. The number of nitrogens with two attached hydrogens (primary N) is 1. The molecule has 0 bridgehead atoms. The fraction of sp³-hybridized carbons (Fsp3) is 0.465. The quantitative estimate of drug-likeness (QED) is 0.0815. The van der Waals surface area contributed by atoms with E-state index in [0.29, 0.717) is 5.82 Å². The average molecular weight is 663 g/mol. The minimum absolute atomic E-state index is 0.481. The second-order valence-electron chi connectivity index (χ2n) is 11.7. The van der Waals surface area contributed by atoms with E-state index in [1.807, 2.05) is 50.4 Å². The summed E-state index contributed by atoms with van der Waals surface area (Å²) in [4.78, 5) is 3.87. The first kappa shape index (κ1) is 48.7. The number of aromatic nitrogens is 1. The number of anilines is 2. The molecule has 1 aromatic heterocycles. The zero-order valence-corrected chi connectivity index (χ0v) is 32.6. The van der Waals surface area contributed by atoms with Gasteiger partial charge < -0.3 is 16.4 Å². The first-order chi connectivity index (χ1) is 22.9. The first-order valence-electron chi connectivity index (χ1n) is 17.7. The van der Waals surface area contributed by atoms with E-state index in [2.05, 4.69) is 122 Å². The summed E-state index contributed by atoms with van der Waals surface area (Å²) in [5.74, 6) is 0.0228. The highest BCUT2D eigenvalue weighted by Crippen LogP contribution is 2.24. The third-order valence-corrected chi connectivity index (χ3v) is 7.13. The van der Waals surface area contributed by atoms with Crippen LogP contribution in [0.5, 0.6) is 0 Å². The lowest BCUT2D eigenvalue weighted by Crippen LogP contribution is -2.22. The predicted octanol–water partition coefficient (Wildman–Crippen LogP) is 13.2. The fourth-order valence-electron chi connectivity index (χ4n) is 4.25. The molecular weight excluding hydrogens is 591 g/mol. The van der Waals surface area contributed by atoms with Crippen molar-refractivity contribution in [2.45, 2.75) is 127 Å². The van der Waals surface area contributed by atoms with Gasteiger partial charge in [0.05, 0.1) is 0 Å². The van der Waals surface area contributed by atoms with Gasteiger partial charge in [0, 0.05) is 11.7 Å². The van der Waals surface area contributed by atoms with Gasteiger partial charge in [-0.3, -0.25) is 0 Å². The van der Waals surface area contributed by atoms with Crippen molar-refractivity contribution < 1.29 is 4.39 Å². The third kappa shape index (κ3) is 26.4. The molecule has 270 valence electrons. The number of rotatable bonds is 14. The molecule has 0 radical (unpaired) electrons. The third-order valence-electron chi connectivity index (χ3n) is 7.13. The smallest absolute Gasteiger partial charge is 0.215 e. The maximum Gasteiger partial charge on any atom is 0.215 e. The summed E-state index contributed by atoms with van der Waals surface area (Å²) >= 11 is 0. The normalized spacial score (nSPS) is 10.4. The number of nitrogens with one attached hydrogen (secondary N) is 2. The van der Waals surface area contributed by atoms with Crippen LogP contribution in [0, 0.1) is 12.9 Å². The highest BCUT2D eigenvalue weighted by Gasteiger charge is 2.04. The molecule has 0 fully saturated rings. The molecule has 0 aliphatic rings. The van der Waals surface area contributed by atoms with Gasteiger partial charge in [0.15, 0.2) is 0 Å². The van der Waals surface area contributed by atoms with Crippen LogP contribution in [0.3, 0.4) is 0 Å². The van der Waals surface area contributed by atoms with Gasteiger partial charge in [0.25, 0.3) is 0 Å². The second kappa shape index (κ2) is 33.2. The van der Waals surface area contributed by atoms with Crippen molar-refractivity contribution in [3.8, 4) is 0 Å². The van der Waals surface area contributed by atoms with Crippen LogP contribution in [0.4, 0.5) is 15.9 Å². The van der Waals surface area contributed by atoms with Crippen molar-refractivity contribution in [1.29, 1.82) is 0 Å². The van der Waals surface area contributed by atoms with E-state index >= 15 is 0 Å². The fourth-order valence-corrected chi connectivity index (χ4v) is 4.25. The van der Waals surface area contributed by atoms with Crippen LogP contribution in [-0.4, -0.2) is 18.1 Å². The largest absolute Gasteiger partial charge is 0.405 e. The number of nitrogens with zero attached hydrogens (tertiary/aromatic N) is 1. The molecule has 1 heterocycles. The lowest BCUT2D eigenvalue weighted by molar-refractivity contribution is 0.531. The molecule has 0 saturated heterocycles. The van der Waals surface area contributed by atoms with Gasteiger partial charge in [0.2, 0.25) is 5.95 Å². The Hall–Kier alpha value is -3.70. The van der Waals surface area contributed by atoms with E-state index in [0.717, 1.165) is 29.3 Å². The molecule has 2 aromatic rings. The standard InChI is InChI=1S/C24H27FN2.C7H16.C6H15N.C4H8.C2H5N/c1-7-8-18(5)22(16(2)3)15-19(6)20-9-11-21(12-10-20)26-24-14-17(4)13-23(25)27-24;1-3-5-7-6-4-2;1-4-6(5-2)7-3;1-3-4-2;1-2-3/h7-15H,1H2,2-6H3,(H,26,27);3-7H2,1-2H3;6-7H,4-5H2,1-3H3;3H,1,4H2,2H3;2H,1,3H2/b18-8-,19-15+;;;;. The van der Waals surface area contributed by atoms with Crippen molar-refractivity contribution in [2.75, 3.05) is 12.4 Å². The van der Waals surface area contributed by atoms with Crippen LogP contribution >= 0.6 is 0 Å². The van der Waals surface area contributed by atoms with E-state index < -0.39 is 5.95 Å². The molecule has 0 amide bonds. The summed E-state index contributed by atoms with van der Waals surface area (Å²) in [6, 6.07) is 12.0. The number of hydrogen-bond donors (Lipinski definition) is 3. The number of aryl methyl sites for hydroxylation is 1. The number of hydrogen-bond acceptors (Lipinski definition) is 4. The Balaban J connectivity index is -0.000000782. The van der Waals surface area contributed by atoms with Gasteiger partial charge in [-0.2, -0.15) is 4.39 Å². The first-order valence-corrected chi connectivity index (χ1v) is 17.7. The molecule has 0 unspecified atom stereocenters.